The molecule has 146 valence electrons. The van der Waals surface area contributed by atoms with E-state index in [1.165, 1.54) is 0 Å². The van der Waals surface area contributed by atoms with Crippen LogP contribution in [0.3, 0.4) is 0 Å². The first-order valence-electron chi connectivity index (χ1n) is 9.19. The van der Waals surface area contributed by atoms with Gasteiger partial charge in [-0.15, -0.1) is 0 Å². The Morgan fingerprint density at radius 2 is 0.793 bits per heavy atom. The lowest BCUT2D eigenvalue weighted by Gasteiger charge is -2.43. The second kappa shape index (κ2) is 8.20. The number of rotatable bonds is 6. The summed E-state index contributed by atoms with van der Waals surface area (Å²) in [6.07, 6.45) is 0. The Morgan fingerprint density at radius 3 is 1.14 bits per heavy atom. The van der Waals surface area contributed by atoms with Crippen molar-refractivity contribution in [3.05, 3.63) is 109 Å². The zero-order chi connectivity index (χ0) is 20.1. The minimum Gasteiger partial charge on any atom is -0.399 e. The predicted molar refractivity (Wildman–Crippen MR) is 120 cm³/mol. The van der Waals surface area contributed by atoms with Crippen LogP contribution in [0.1, 0.15) is 0 Å². The average molecular weight is 403 g/mol. The van der Waals surface area contributed by atoms with E-state index in [0.717, 1.165) is 9.79 Å². The Balaban J connectivity index is 1.88. The standard InChI is InChI=1S/C24H22N2O2S/c25-19-11-15-21(16-12-19)27-29(23-7-3-1-4-8-23,24-9-5-2-6-10-24)28-22-17-13-20(26)14-18-22/h1-18H,25-26H2. The van der Waals surface area contributed by atoms with Crippen molar-refractivity contribution < 1.29 is 8.37 Å². The molecule has 0 fully saturated rings. The summed E-state index contributed by atoms with van der Waals surface area (Å²) < 4.78 is 13.3. The summed E-state index contributed by atoms with van der Waals surface area (Å²) in [5, 5.41) is 0. The average Bonchev–Trinajstić information content (AvgIpc) is 2.77. The van der Waals surface area contributed by atoms with Crippen molar-refractivity contribution in [3.63, 3.8) is 0 Å². The first-order chi connectivity index (χ1) is 14.2. The SMILES string of the molecule is Nc1ccc(OS(Oc2ccc(N)cc2)(c2ccccc2)c2ccccc2)cc1. The van der Waals surface area contributed by atoms with Crippen molar-refractivity contribution in [2.75, 3.05) is 11.5 Å². The molecule has 0 aliphatic carbocycles. The first kappa shape index (κ1) is 18.8. The molecule has 0 saturated heterocycles. The highest BCUT2D eigenvalue weighted by molar-refractivity contribution is 8.26. The van der Waals surface area contributed by atoms with E-state index in [2.05, 4.69) is 0 Å². The van der Waals surface area contributed by atoms with Gasteiger partial charge in [0.2, 0.25) is 0 Å². The van der Waals surface area contributed by atoms with Gasteiger partial charge in [-0.05, 0) is 72.8 Å². The number of nitrogens with two attached hydrogens (primary N) is 2. The van der Waals surface area contributed by atoms with E-state index in [1.807, 2.05) is 109 Å². The van der Waals surface area contributed by atoms with E-state index < -0.39 is 10.6 Å². The summed E-state index contributed by atoms with van der Waals surface area (Å²) in [7, 11) is -2.37. The topological polar surface area (TPSA) is 70.5 Å². The van der Waals surface area contributed by atoms with Crippen LogP contribution >= 0.6 is 10.6 Å². The minimum absolute atomic E-state index is 0.678. The van der Waals surface area contributed by atoms with Crippen LogP contribution in [0.2, 0.25) is 0 Å². The van der Waals surface area contributed by atoms with Gasteiger partial charge < -0.3 is 19.8 Å². The summed E-state index contributed by atoms with van der Waals surface area (Å²) in [4.78, 5) is 1.89. The molecule has 0 radical (unpaired) electrons. The molecular weight excluding hydrogens is 380 g/mol. The Labute approximate surface area is 172 Å². The maximum absolute atomic E-state index is 6.64. The number of hydrogen-bond acceptors (Lipinski definition) is 4. The molecule has 0 atom stereocenters. The van der Waals surface area contributed by atoms with Gasteiger partial charge in [-0.25, -0.2) is 0 Å². The highest BCUT2D eigenvalue weighted by Gasteiger charge is 2.30. The summed E-state index contributed by atoms with van der Waals surface area (Å²) >= 11 is 0. The van der Waals surface area contributed by atoms with Gasteiger partial charge in [-0.2, -0.15) is 0 Å². The number of hydrogen-bond donors (Lipinski definition) is 2. The maximum Gasteiger partial charge on any atom is 0.153 e. The molecule has 0 aromatic heterocycles. The van der Waals surface area contributed by atoms with Crippen LogP contribution < -0.4 is 19.8 Å². The molecule has 4 N–H and O–H groups in total. The Hall–Kier alpha value is -3.57. The molecule has 0 aliphatic heterocycles. The first-order valence-corrected chi connectivity index (χ1v) is 10.7. The number of nitrogen functional groups attached to an aromatic ring is 2. The minimum atomic E-state index is -2.37. The van der Waals surface area contributed by atoms with E-state index in [9.17, 15) is 0 Å². The third kappa shape index (κ3) is 4.15. The van der Waals surface area contributed by atoms with Crippen molar-refractivity contribution >= 4 is 22.0 Å². The molecule has 4 aromatic rings. The fourth-order valence-electron chi connectivity index (χ4n) is 2.86. The molecule has 0 saturated carbocycles. The molecule has 0 bridgehead atoms. The highest BCUT2D eigenvalue weighted by Crippen LogP contribution is 2.63. The summed E-state index contributed by atoms with van der Waals surface area (Å²) in [5.74, 6) is 1.36. The van der Waals surface area contributed by atoms with Crippen LogP contribution in [0.5, 0.6) is 11.5 Å². The summed E-state index contributed by atoms with van der Waals surface area (Å²) in [6, 6.07) is 34.7. The Morgan fingerprint density at radius 1 is 0.448 bits per heavy atom. The van der Waals surface area contributed by atoms with Crippen molar-refractivity contribution in [3.8, 4) is 11.5 Å². The quantitative estimate of drug-likeness (QED) is 0.385. The Kier molecular flexibility index (Phi) is 5.31. The van der Waals surface area contributed by atoms with Gasteiger partial charge in [0.1, 0.15) is 0 Å². The van der Waals surface area contributed by atoms with Crippen molar-refractivity contribution in [1.29, 1.82) is 0 Å². The molecule has 0 aliphatic rings. The summed E-state index contributed by atoms with van der Waals surface area (Å²) in [6.45, 7) is 0. The van der Waals surface area contributed by atoms with Crippen LogP contribution in [-0.2, 0) is 0 Å². The van der Waals surface area contributed by atoms with Crippen molar-refractivity contribution in [1.82, 2.24) is 0 Å². The van der Waals surface area contributed by atoms with Crippen LogP contribution in [0.25, 0.3) is 0 Å². The maximum atomic E-state index is 6.64. The van der Waals surface area contributed by atoms with Crippen molar-refractivity contribution in [2.45, 2.75) is 9.79 Å². The van der Waals surface area contributed by atoms with E-state index in [0.29, 0.717) is 22.9 Å². The van der Waals surface area contributed by atoms with E-state index >= 15 is 0 Å². The lowest BCUT2D eigenvalue weighted by atomic mass is 10.3. The smallest absolute Gasteiger partial charge is 0.153 e. The van der Waals surface area contributed by atoms with Gasteiger partial charge in [-0.3, -0.25) is 0 Å². The van der Waals surface area contributed by atoms with E-state index in [4.69, 9.17) is 19.8 Å². The van der Waals surface area contributed by atoms with Crippen LogP contribution in [-0.4, -0.2) is 0 Å². The van der Waals surface area contributed by atoms with Crippen LogP contribution in [0.15, 0.2) is 119 Å². The molecule has 4 rings (SSSR count). The molecule has 0 spiro atoms. The number of benzene rings is 4. The molecule has 5 heteroatoms. The lowest BCUT2D eigenvalue weighted by molar-refractivity contribution is 0.493. The van der Waals surface area contributed by atoms with Gasteiger partial charge >= 0.3 is 0 Å². The van der Waals surface area contributed by atoms with Crippen molar-refractivity contribution in [2.24, 2.45) is 0 Å². The van der Waals surface area contributed by atoms with Gasteiger partial charge in [0.25, 0.3) is 0 Å². The predicted octanol–water partition coefficient (Wildman–Crippen LogP) is 6.06. The van der Waals surface area contributed by atoms with Gasteiger partial charge in [0, 0.05) is 11.4 Å². The molecule has 0 heterocycles. The zero-order valence-corrected chi connectivity index (χ0v) is 16.6. The monoisotopic (exact) mass is 402 g/mol. The van der Waals surface area contributed by atoms with Gasteiger partial charge in [0.15, 0.2) is 11.5 Å². The largest absolute Gasteiger partial charge is 0.399 e. The normalized spacial score (nSPS) is 11.6. The molecule has 4 nitrogen and oxygen atoms in total. The highest BCUT2D eigenvalue weighted by atomic mass is 32.3. The second-order valence-electron chi connectivity index (χ2n) is 6.43. The van der Waals surface area contributed by atoms with Gasteiger partial charge in [0.05, 0.1) is 9.79 Å². The molecule has 4 aromatic carbocycles. The summed E-state index contributed by atoms with van der Waals surface area (Å²) in [5.41, 5.74) is 13.1. The van der Waals surface area contributed by atoms with E-state index in [1.54, 1.807) is 0 Å². The third-order valence-electron chi connectivity index (χ3n) is 4.29. The molecule has 0 unspecified atom stereocenters. The zero-order valence-electron chi connectivity index (χ0n) is 15.8. The molecule has 29 heavy (non-hydrogen) atoms. The fourth-order valence-corrected chi connectivity index (χ4v) is 5.35. The Bertz CT molecular complexity index is 965. The van der Waals surface area contributed by atoms with Crippen LogP contribution in [0, 0.1) is 0 Å². The van der Waals surface area contributed by atoms with Crippen LogP contribution in [0.4, 0.5) is 11.4 Å². The third-order valence-corrected chi connectivity index (χ3v) is 6.93. The molecule has 0 amide bonds. The fraction of sp³-hybridized carbons (Fsp3) is 0. The van der Waals surface area contributed by atoms with E-state index in [-0.39, 0.29) is 0 Å². The molecular formula is C24H22N2O2S. The second-order valence-corrected chi connectivity index (χ2v) is 8.72. The number of anilines is 2. The van der Waals surface area contributed by atoms with Gasteiger partial charge in [-0.1, -0.05) is 47.0 Å². The lowest BCUT2D eigenvalue weighted by Crippen LogP contribution is -2.16.